The minimum Gasteiger partial charge on any atom is -0.493 e. The first-order valence-corrected chi connectivity index (χ1v) is 10.9. The smallest absolute Gasteiger partial charge is 0.283 e. The van der Waals surface area contributed by atoms with E-state index < -0.39 is 11.8 Å². The Kier molecular flexibility index (Phi) is 7.15. The van der Waals surface area contributed by atoms with E-state index in [1.165, 1.54) is 6.08 Å². The molecule has 0 fully saturated rings. The molecule has 3 aromatic carbocycles. The van der Waals surface area contributed by atoms with Crippen molar-refractivity contribution in [2.75, 3.05) is 6.54 Å². The van der Waals surface area contributed by atoms with Crippen molar-refractivity contribution < 1.29 is 14.7 Å². The summed E-state index contributed by atoms with van der Waals surface area (Å²) in [6, 6.07) is 24.0. The van der Waals surface area contributed by atoms with Gasteiger partial charge in [-0.3, -0.25) is 9.59 Å². The third-order valence-electron chi connectivity index (χ3n) is 5.11. The zero-order valence-corrected chi connectivity index (χ0v) is 18.8. The van der Waals surface area contributed by atoms with Crippen LogP contribution in [-0.2, 0) is 16.1 Å². The van der Waals surface area contributed by atoms with Crippen LogP contribution in [0.1, 0.15) is 11.1 Å². The molecule has 1 aromatic heterocycles. The standard InChI is InChI=1S/C26H21ClN4O3/c27-21-12-6-4-10-19(21)17-31-22-13-7-5-11-20(22)25(26(31)34)30-29-24(33)16-28-23(32)15-14-18-8-2-1-3-9-18/h1-15,34H,16-17H2,(H,28,32)/b15-14+,30-29?. The highest BCUT2D eigenvalue weighted by Gasteiger charge is 2.17. The van der Waals surface area contributed by atoms with Crippen molar-refractivity contribution in [2.24, 2.45) is 10.2 Å². The molecule has 0 bridgehead atoms. The number of fused-ring (bicyclic) bond motifs is 1. The summed E-state index contributed by atoms with van der Waals surface area (Å²) in [6.45, 7) is -0.000216. The van der Waals surface area contributed by atoms with E-state index in [1.807, 2.05) is 66.7 Å². The zero-order chi connectivity index (χ0) is 23.9. The molecule has 4 aromatic rings. The van der Waals surface area contributed by atoms with Crippen molar-refractivity contribution in [1.29, 1.82) is 0 Å². The van der Waals surface area contributed by atoms with Crippen LogP contribution >= 0.6 is 11.6 Å². The van der Waals surface area contributed by atoms with Gasteiger partial charge in [0.05, 0.1) is 12.1 Å². The lowest BCUT2D eigenvalue weighted by molar-refractivity contribution is -0.122. The SMILES string of the molecule is O=C(CNC(=O)/C=C/c1ccccc1)N=Nc1c(O)n(Cc2ccccc2Cl)c2ccccc12. The Morgan fingerprint density at radius 2 is 1.68 bits per heavy atom. The molecule has 0 spiro atoms. The van der Waals surface area contributed by atoms with Crippen molar-refractivity contribution in [3.8, 4) is 5.88 Å². The summed E-state index contributed by atoms with van der Waals surface area (Å²) in [5.74, 6) is -1.21. The molecule has 2 N–H and O–H groups in total. The highest BCUT2D eigenvalue weighted by Crippen LogP contribution is 2.39. The molecule has 2 amide bonds. The summed E-state index contributed by atoms with van der Waals surface area (Å²) in [4.78, 5) is 24.1. The van der Waals surface area contributed by atoms with E-state index in [-0.39, 0.29) is 18.1 Å². The predicted octanol–water partition coefficient (Wildman–Crippen LogP) is 5.49. The molecule has 0 atom stereocenters. The number of para-hydroxylation sites is 1. The number of carbonyl (C=O) groups is 2. The van der Waals surface area contributed by atoms with Gasteiger partial charge in [-0.1, -0.05) is 78.3 Å². The minimum absolute atomic E-state index is 0.132. The van der Waals surface area contributed by atoms with E-state index >= 15 is 0 Å². The number of hydrogen-bond acceptors (Lipinski definition) is 4. The average molecular weight is 473 g/mol. The number of nitrogens with one attached hydrogen (secondary N) is 1. The van der Waals surface area contributed by atoms with Crippen LogP contribution in [-0.4, -0.2) is 28.0 Å². The van der Waals surface area contributed by atoms with Gasteiger partial charge in [-0.15, -0.1) is 10.2 Å². The van der Waals surface area contributed by atoms with Crippen molar-refractivity contribution in [1.82, 2.24) is 9.88 Å². The van der Waals surface area contributed by atoms with Gasteiger partial charge in [-0.25, -0.2) is 0 Å². The van der Waals surface area contributed by atoms with E-state index in [4.69, 9.17) is 11.6 Å². The molecule has 0 saturated carbocycles. The maximum Gasteiger partial charge on any atom is 0.283 e. The number of azo groups is 1. The number of benzene rings is 3. The van der Waals surface area contributed by atoms with Crippen LogP contribution in [0.2, 0.25) is 5.02 Å². The van der Waals surface area contributed by atoms with Gasteiger partial charge in [0, 0.05) is 16.5 Å². The van der Waals surface area contributed by atoms with Crippen LogP contribution in [0, 0.1) is 0 Å². The molecule has 4 rings (SSSR count). The Balaban J connectivity index is 1.47. The molecule has 1 heterocycles. The summed E-state index contributed by atoms with van der Waals surface area (Å²) in [6.07, 6.45) is 2.99. The van der Waals surface area contributed by atoms with Gasteiger partial charge in [0.15, 0.2) is 5.69 Å². The number of rotatable bonds is 7. The fourth-order valence-electron chi connectivity index (χ4n) is 3.43. The number of hydrogen-bond donors (Lipinski definition) is 2. The second-order valence-electron chi connectivity index (χ2n) is 7.42. The first kappa shape index (κ1) is 22.9. The van der Waals surface area contributed by atoms with Crippen LogP contribution < -0.4 is 5.32 Å². The molecule has 34 heavy (non-hydrogen) atoms. The van der Waals surface area contributed by atoms with E-state index in [1.54, 1.807) is 22.8 Å². The summed E-state index contributed by atoms with van der Waals surface area (Å²) in [5.41, 5.74) is 2.59. The molecule has 0 aliphatic carbocycles. The number of halogens is 1. The fourth-order valence-corrected chi connectivity index (χ4v) is 3.62. The third-order valence-corrected chi connectivity index (χ3v) is 5.47. The molecule has 170 valence electrons. The lowest BCUT2D eigenvalue weighted by Gasteiger charge is -2.08. The van der Waals surface area contributed by atoms with Gasteiger partial charge < -0.3 is 15.0 Å². The van der Waals surface area contributed by atoms with Crippen LogP contribution in [0.4, 0.5) is 5.69 Å². The van der Waals surface area contributed by atoms with E-state index in [0.29, 0.717) is 17.0 Å². The molecule has 0 aliphatic heterocycles. The van der Waals surface area contributed by atoms with E-state index in [2.05, 4.69) is 15.5 Å². The second-order valence-corrected chi connectivity index (χ2v) is 7.83. The van der Waals surface area contributed by atoms with Crippen molar-refractivity contribution in [3.05, 3.63) is 101 Å². The molecule has 7 nitrogen and oxygen atoms in total. The highest BCUT2D eigenvalue weighted by atomic mass is 35.5. The molecule has 0 aliphatic rings. The molecular formula is C26H21ClN4O3. The van der Waals surface area contributed by atoms with Crippen molar-refractivity contribution in [3.63, 3.8) is 0 Å². The average Bonchev–Trinajstić information content (AvgIpc) is 3.12. The molecular weight excluding hydrogens is 452 g/mol. The first-order chi connectivity index (χ1) is 16.5. The quantitative estimate of drug-likeness (QED) is 0.275. The number of nitrogens with zero attached hydrogens (tertiary/aromatic N) is 3. The lowest BCUT2D eigenvalue weighted by Crippen LogP contribution is -2.26. The van der Waals surface area contributed by atoms with Crippen molar-refractivity contribution in [2.45, 2.75) is 6.54 Å². The summed E-state index contributed by atoms with van der Waals surface area (Å²) in [7, 11) is 0. The Hall–Kier alpha value is -4.23. The first-order valence-electron chi connectivity index (χ1n) is 10.5. The van der Waals surface area contributed by atoms with Crippen LogP contribution in [0.25, 0.3) is 17.0 Å². The number of aromatic hydroxyl groups is 1. The van der Waals surface area contributed by atoms with Gasteiger partial charge in [0.1, 0.15) is 6.54 Å². The summed E-state index contributed by atoms with van der Waals surface area (Å²) >= 11 is 6.28. The highest BCUT2D eigenvalue weighted by molar-refractivity contribution is 6.31. The molecule has 0 saturated heterocycles. The monoisotopic (exact) mass is 472 g/mol. The van der Waals surface area contributed by atoms with Gasteiger partial charge in [0.25, 0.3) is 5.91 Å². The lowest BCUT2D eigenvalue weighted by atomic mass is 10.2. The zero-order valence-electron chi connectivity index (χ0n) is 18.1. The largest absolute Gasteiger partial charge is 0.493 e. The number of amides is 2. The minimum atomic E-state index is -0.649. The third kappa shape index (κ3) is 5.39. The topological polar surface area (TPSA) is 96.1 Å². The van der Waals surface area contributed by atoms with Gasteiger partial charge >= 0.3 is 0 Å². The van der Waals surface area contributed by atoms with E-state index in [0.717, 1.165) is 16.6 Å². The summed E-state index contributed by atoms with van der Waals surface area (Å²) < 4.78 is 1.66. The predicted molar refractivity (Wildman–Crippen MR) is 132 cm³/mol. The maximum atomic E-state index is 12.2. The van der Waals surface area contributed by atoms with Crippen LogP contribution in [0.3, 0.4) is 0 Å². The van der Waals surface area contributed by atoms with Crippen LogP contribution in [0.15, 0.2) is 95.2 Å². The number of carbonyl (C=O) groups excluding carboxylic acids is 2. The van der Waals surface area contributed by atoms with Gasteiger partial charge in [-0.2, -0.15) is 0 Å². The second kappa shape index (κ2) is 10.6. The normalized spacial score (nSPS) is 11.4. The molecule has 0 radical (unpaired) electrons. The van der Waals surface area contributed by atoms with E-state index in [9.17, 15) is 14.7 Å². The Morgan fingerprint density at radius 1 is 0.971 bits per heavy atom. The Bertz CT molecular complexity index is 1390. The van der Waals surface area contributed by atoms with Crippen molar-refractivity contribution >= 4 is 46.1 Å². The van der Waals surface area contributed by atoms with Gasteiger partial charge in [0.2, 0.25) is 11.8 Å². The van der Waals surface area contributed by atoms with Crippen LogP contribution in [0.5, 0.6) is 5.88 Å². The molecule has 8 heteroatoms. The molecule has 0 unspecified atom stereocenters. The fraction of sp³-hybridized carbons (Fsp3) is 0.0769. The number of aromatic nitrogens is 1. The Labute approximate surface area is 201 Å². The van der Waals surface area contributed by atoms with Gasteiger partial charge in [-0.05, 0) is 29.3 Å². The maximum absolute atomic E-state index is 12.2. The Morgan fingerprint density at radius 3 is 2.47 bits per heavy atom. The summed E-state index contributed by atoms with van der Waals surface area (Å²) in [5, 5.41) is 22.2.